The van der Waals surface area contributed by atoms with E-state index in [1.807, 2.05) is 0 Å². The molecule has 0 amide bonds. The van der Waals surface area contributed by atoms with Crippen LogP contribution in [0.2, 0.25) is 5.28 Å². The summed E-state index contributed by atoms with van der Waals surface area (Å²) >= 11 is 5.63. The van der Waals surface area contributed by atoms with Crippen LogP contribution in [0.5, 0.6) is 0 Å². The first kappa shape index (κ1) is 10.4. The van der Waals surface area contributed by atoms with E-state index >= 15 is 0 Å². The maximum atomic E-state index is 9.85. The monoisotopic (exact) mass is 228 g/mol. The molecule has 0 saturated heterocycles. The highest BCUT2D eigenvalue weighted by molar-refractivity contribution is 6.28. The molecule has 0 atom stereocenters. The van der Waals surface area contributed by atoms with E-state index in [2.05, 4.69) is 15.3 Å². The Labute approximate surface area is 92.7 Å². The van der Waals surface area contributed by atoms with Crippen LogP contribution in [-0.4, -0.2) is 27.2 Å². The third-order valence-corrected chi connectivity index (χ3v) is 2.84. The number of aliphatic hydroxyl groups is 1. The first-order valence-corrected chi connectivity index (χ1v) is 5.21. The molecule has 5 nitrogen and oxygen atoms in total. The SMILES string of the molecule is Nc1cnc(Cl)nc1NCC1(O)CCC1. The molecule has 0 unspecified atom stereocenters. The van der Waals surface area contributed by atoms with E-state index in [9.17, 15) is 5.11 Å². The zero-order valence-electron chi connectivity index (χ0n) is 8.20. The van der Waals surface area contributed by atoms with Gasteiger partial charge in [-0.05, 0) is 30.9 Å². The number of anilines is 2. The van der Waals surface area contributed by atoms with Crippen LogP contribution in [0.1, 0.15) is 19.3 Å². The predicted octanol–water partition coefficient (Wildman–Crippen LogP) is 1.04. The molecule has 1 saturated carbocycles. The van der Waals surface area contributed by atoms with Crippen molar-refractivity contribution in [2.75, 3.05) is 17.6 Å². The van der Waals surface area contributed by atoms with Gasteiger partial charge in [0.15, 0.2) is 5.82 Å². The van der Waals surface area contributed by atoms with Crippen molar-refractivity contribution in [2.45, 2.75) is 24.9 Å². The van der Waals surface area contributed by atoms with Gasteiger partial charge in [-0.2, -0.15) is 4.98 Å². The lowest BCUT2D eigenvalue weighted by Crippen LogP contribution is -2.43. The summed E-state index contributed by atoms with van der Waals surface area (Å²) in [6, 6.07) is 0. The molecule has 6 heteroatoms. The van der Waals surface area contributed by atoms with Crippen LogP contribution in [0, 0.1) is 0 Å². The Balaban J connectivity index is 2.01. The molecule has 1 heterocycles. The number of halogens is 1. The second-order valence-electron chi connectivity index (χ2n) is 3.87. The number of rotatable bonds is 3. The van der Waals surface area contributed by atoms with Gasteiger partial charge in [-0.25, -0.2) is 4.98 Å². The molecular weight excluding hydrogens is 216 g/mol. The highest BCUT2D eigenvalue weighted by Crippen LogP contribution is 2.31. The third-order valence-electron chi connectivity index (χ3n) is 2.66. The summed E-state index contributed by atoms with van der Waals surface area (Å²) in [6.45, 7) is 0.449. The third kappa shape index (κ3) is 2.30. The predicted molar refractivity (Wildman–Crippen MR) is 58.7 cm³/mol. The minimum Gasteiger partial charge on any atom is -0.394 e. The molecule has 1 aromatic rings. The number of hydrogen-bond acceptors (Lipinski definition) is 5. The van der Waals surface area contributed by atoms with Crippen molar-refractivity contribution >= 4 is 23.1 Å². The van der Waals surface area contributed by atoms with E-state index < -0.39 is 5.60 Å². The molecule has 0 bridgehead atoms. The van der Waals surface area contributed by atoms with E-state index in [-0.39, 0.29) is 5.28 Å². The fraction of sp³-hybridized carbons (Fsp3) is 0.556. The van der Waals surface area contributed by atoms with Gasteiger partial charge in [-0.3, -0.25) is 0 Å². The van der Waals surface area contributed by atoms with Gasteiger partial charge in [0.2, 0.25) is 5.28 Å². The molecule has 0 spiro atoms. The lowest BCUT2D eigenvalue weighted by Gasteiger charge is -2.36. The van der Waals surface area contributed by atoms with Crippen LogP contribution >= 0.6 is 11.6 Å². The average molecular weight is 229 g/mol. The molecular formula is C9H13ClN4O. The second-order valence-corrected chi connectivity index (χ2v) is 4.21. The maximum absolute atomic E-state index is 9.85. The van der Waals surface area contributed by atoms with Gasteiger partial charge >= 0.3 is 0 Å². The molecule has 0 radical (unpaired) electrons. The van der Waals surface area contributed by atoms with Crippen molar-refractivity contribution < 1.29 is 5.11 Å². The summed E-state index contributed by atoms with van der Waals surface area (Å²) in [4.78, 5) is 7.69. The Morgan fingerprint density at radius 1 is 1.60 bits per heavy atom. The molecule has 0 aromatic carbocycles. The van der Waals surface area contributed by atoms with Gasteiger partial charge in [0.05, 0.1) is 17.5 Å². The fourth-order valence-electron chi connectivity index (χ4n) is 1.52. The number of nitrogens with zero attached hydrogens (tertiary/aromatic N) is 2. The highest BCUT2D eigenvalue weighted by Gasteiger charge is 2.34. The fourth-order valence-corrected chi connectivity index (χ4v) is 1.65. The maximum Gasteiger partial charge on any atom is 0.224 e. The van der Waals surface area contributed by atoms with Crippen molar-refractivity contribution in [1.29, 1.82) is 0 Å². The molecule has 0 aliphatic heterocycles. The number of nitrogen functional groups attached to an aromatic ring is 1. The van der Waals surface area contributed by atoms with Gasteiger partial charge in [0.1, 0.15) is 0 Å². The topological polar surface area (TPSA) is 84.1 Å². The Morgan fingerprint density at radius 3 is 2.93 bits per heavy atom. The average Bonchev–Trinajstić information content (AvgIpc) is 2.17. The van der Waals surface area contributed by atoms with Gasteiger partial charge in [0.25, 0.3) is 0 Å². The summed E-state index contributed by atoms with van der Waals surface area (Å²) in [5.74, 6) is 0.482. The molecule has 1 fully saturated rings. The molecule has 1 aliphatic carbocycles. The van der Waals surface area contributed by atoms with Crippen molar-refractivity contribution in [1.82, 2.24) is 9.97 Å². The van der Waals surface area contributed by atoms with E-state index in [1.54, 1.807) is 0 Å². The first-order chi connectivity index (χ1) is 7.09. The van der Waals surface area contributed by atoms with Crippen molar-refractivity contribution in [3.8, 4) is 0 Å². The summed E-state index contributed by atoms with van der Waals surface area (Å²) in [5.41, 5.74) is 5.48. The van der Waals surface area contributed by atoms with Crippen molar-refractivity contribution in [2.24, 2.45) is 0 Å². The zero-order chi connectivity index (χ0) is 10.9. The van der Waals surface area contributed by atoms with Crippen LogP contribution in [0.15, 0.2) is 6.20 Å². The Hall–Kier alpha value is -1.07. The summed E-state index contributed by atoms with van der Waals surface area (Å²) < 4.78 is 0. The van der Waals surface area contributed by atoms with Crippen LogP contribution in [-0.2, 0) is 0 Å². The minimum atomic E-state index is -0.607. The standard InChI is InChI=1S/C9H13ClN4O/c10-8-12-4-6(11)7(14-8)13-5-9(15)2-1-3-9/h4,15H,1-3,5,11H2,(H,12,13,14). The zero-order valence-corrected chi connectivity index (χ0v) is 8.96. The van der Waals surface area contributed by atoms with Crippen molar-refractivity contribution in [3.63, 3.8) is 0 Å². The van der Waals surface area contributed by atoms with Gasteiger partial charge in [-0.1, -0.05) is 0 Å². The number of nitrogens with two attached hydrogens (primary N) is 1. The molecule has 82 valence electrons. The quantitative estimate of drug-likeness (QED) is 0.674. The molecule has 1 aromatic heterocycles. The molecule has 2 rings (SSSR count). The largest absolute Gasteiger partial charge is 0.394 e. The Morgan fingerprint density at radius 2 is 2.33 bits per heavy atom. The van der Waals surface area contributed by atoms with E-state index in [4.69, 9.17) is 17.3 Å². The Bertz CT molecular complexity index is 367. The van der Waals surface area contributed by atoms with E-state index in [0.717, 1.165) is 19.3 Å². The Kier molecular flexibility index (Phi) is 2.67. The lowest BCUT2D eigenvalue weighted by molar-refractivity contribution is -0.0202. The van der Waals surface area contributed by atoms with Gasteiger partial charge in [-0.15, -0.1) is 0 Å². The number of hydrogen-bond donors (Lipinski definition) is 3. The number of aromatic nitrogens is 2. The van der Waals surface area contributed by atoms with Gasteiger partial charge in [0, 0.05) is 6.54 Å². The number of nitrogens with one attached hydrogen (secondary N) is 1. The lowest BCUT2D eigenvalue weighted by atomic mass is 9.80. The molecule has 15 heavy (non-hydrogen) atoms. The highest BCUT2D eigenvalue weighted by atomic mass is 35.5. The van der Waals surface area contributed by atoms with Gasteiger partial charge < -0.3 is 16.2 Å². The van der Waals surface area contributed by atoms with Crippen molar-refractivity contribution in [3.05, 3.63) is 11.5 Å². The van der Waals surface area contributed by atoms with Crippen LogP contribution < -0.4 is 11.1 Å². The van der Waals surface area contributed by atoms with Crippen LogP contribution in [0.25, 0.3) is 0 Å². The summed E-state index contributed by atoms with van der Waals surface area (Å²) in [7, 11) is 0. The van der Waals surface area contributed by atoms with E-state index in [1.165, 1.54) is 6.20 Å². The normalized spacial score (nSPS) is 18.3. The van der Waals surface area contributed by atoms with Crippen LogP contribution in [0.4, 0.5) is 11.5 Å². The second kappa shape index (κ2) is 3.83. The summed E-state index contributed by atoms with van der Waals surface area (Å²) in [5, 5.41) is 13.0. The molecule has 4 N–H and O–H groups in total. The molecule has 1 aliphatic rings. The first-order valence-electron chi connectivity index (χ1n) is 4.83. The van der Waals surface area contributed by atoms with Crippen LogP contribution in [0.3, 0.4) is 0 Å². The van der Waals surface area contributed by atoms with E-state index in [0.29, 0.717) is 18.1 Å². The smallest absolute Gasteiger partial charge is 0.224 e. The summed E-state index contributed by atoms with van der Waals surface area (Å²) in [6.07, 6.45) is 4.15. The minimum absolute atomic E-state index is 0.146.